The zero-order chi connectivity index (χ0) is 23.9. The number of allylic oxidation sites excluding steroid dienone is 10. The third-order valence-electron chi connectivity index (χ3n) is 5.47. The van der Waals surface area contributed by atoms with Crippen LogP contribution in [0.2, 0.25) is 0 Å². The minimum Gasteiger partial charge on any atom is -0.508 e. The van der Waals surface area contributed by atoms with Crippen LogP contribution in [0.25, 0.3) is 0 Å². The Bertz CT molecular complexity index is 1190. The van der Waals surface area contributed by atoms with Crippen LogP contribution in [0.15, 0.2) is 121 Å². The van der Waals surface area contributed by atoms with Crippen molar-refractivity contribution in [3.63, 3.8) is 0 Å². The van der Waals surface area contributed by atoms with Gasteiger partial charge in [-0.3, -0.25) is 9.59 Å². The second-order valence-electron chi connectivity index (χ2n) is 7.84. The molecule has 0 aromatic heterocycles. The Kier molecular flexibility index (Phi) is 8.67. The molecule has 2 aromatic carbocycles. The number of phenols is 2. The van der Waals surface area contributed by atoms with E-state index >= 15 is 0 Å². The van der Waals surface area contributed by atoms with Gasteiger partial charge in [-0.2, -0.15) is 0 Å². The van der Waals surface area contributed by atoms with Crippen LogP contribution < -0.4 is 10.6 Å². The molecule has 2 aromatic rings. The minimum absolute atomic E-state index is 0. The fourth-order valence-electron chi connectivity index (χ4n) is 3.76. The Balaban J connectivity index is 0.00000342. The van der Waals surface area contributed by atoms with Gasteiger partial charge >= 0.3 is 0 Å². The van der Waals surface area contributed by atoms with Crippen LogP contribution in [0.4, 0.5) is 0 Å². The molecular formula is C28H24CoN2O4. The largest absolute Gasteiger partial charge is 0.508 e. The van der Waals surface area contributed by atoms with E-state index < -0.39 is 12.1 Å². The number of aromatic hydroxyl groups is 2. The summed E-state index contributed by atoms with van der Waals surface area (Å²) in [5, 5.41) is 26.9. The molecule has 2 aliphatic rings. The van der Waals surface area contributed by atoms with Crippen molar-refractivity contribution in [2.75, 3.05) is 0 Å². The second-order valence-corrected chi connectivity index (χ2v) is 7.84. The summed E-state index contributed by atoms with van der Waals surface area (Å²) >= 11 is 0. The van der Waals surface area contributed by atoms with E-state index in [2.05, 4.69) is 10.6 Å². The van der Waals surface area contributed by atoms with E-state index in [1.807, 2.05) is 12.1 Å². The van der Waals surface area contributed by atoms with Gasteiger partial charge < -0.3 is 20.8 Å². The fraction of sp³-hybridized carbons (Fsp3) is 0.0714. The number of hydrogen-bond donors (Lipinski definition) is 4. The summed E-state index contributed by atoms with van der Waals surface area (Å²) in [7, 11) is 0. The zero-order valence-corrected chi connectivity index (χ0v) is 19.6. The molecule has 4 N–H and O–H groups in total. The van der Waals surface area contributed by atoms with Crippen molar-refractivity contribution in [3.8, 4) is 11.5 Å². The van der Waals surface area contributed by atoms with Gasteiger partial charge in [0.2, 0.25) is 0 Å². The number of hydrogen-bond acceptors (Lipinski definition) is 6. The van der Waals surface area contributed by atoms with Crippen molar-refractivity contribution >= 4 is 11.6 Å². The van der Waals surface area contributed by atoms with E-state index in [1.165, 1.54) is 12.2 Å². The van der Waals surface area contributed by atoms with E-state index in [1.54, 1.807) is 85.3 Å². The standard InChI is InChI=1S/C28H24N2O4.Co/c31-23-11-5-9-19(15-23)27(29-17-21-7-1-3-13-25(21)33)28(20-10-6-12-24(32)16-20)30-18-22-8-2-4-14-26(22)34;/h1-18,27-32H;/b21-17-,22-18-;/t27-,28+;. The van der Waals surface area contributed by atoms with Crippen LogP contribution in [0, 0.1) is 0 Å². The molecule has 0 aliphatic heterocycles. The zero-order valence-electron chi connectivity index (χ0n) is 18.6. The van der Waals surface area contributed by atoms with Crippen molar-refractivity contribution in [3.05, 3.63) is 132 Å². The second kappa shape index (κ2) is 11.9. The summed E-state index contributed by atoms with van der Waals surface area (Å²) in [6.07, 6.45) is 16.6. The molecule has 4 rings (SSSR count). The summed E-state index contributed by atoms with van der Waals surface area (Å²) in [4.78, 5) is 24.5. The number of nitrogens with one attached hydrogen (secondary N) is 2. The summed E-state index contributed by atoms with van der Waals surface area (Å²) in [5.41, 5.74) is 2.45. The molecule has 179 valence electrons. The summed E-state index contributed by atoms with van der Waals surface area (Å²) < 4.78 is 0. The first-order valence-corrected chi connectivity index (χ1v) is 10.8. The van der Waals surface area contributed by atoms with Gasteiger partial charge in [-0.25, -0.2) is 0 Å². The van der Waals surface area contributed by atoms with Crippen LogP contribution >= 0.6 is 0 Å². The monoisotopic (exact) mass is 511 g/mol. The van der Waals surface area contributed by atoms with E-state index in [0.29, 0.717) is 11.1 Å². The smallest absolute Gasteiger partial charge is 0.187 e. The Labute approximate surface area is 214 Å². The first kappa shape index (κ1) is 25.5. The number of rotatable bonds is 7. The molecule has 0 unspecified atom stereocenters. The van der Waals surface area contributed by atoms with Crippen LogP contribution in [0.5, 0.6) is 11.5 Å². The van der Waals surface area contributed by atoms with Gasteiger partial charge in [0.05, 0.1) is 12.1 Å². The average molecular weight is 511 g/mol. The molecule has 7 heteroatoms. The molecule has 6 nitrogen and oxygen atoms in total. The molecule has 0 fully saturated rings. The van der Waals surface area contributed by atoms with Crippen molar-refractivity contribution in [2.45, 2.75) is 12.1 Å². The third-order valence-corrected chi connectivity index (χ3v) is 5.47. The molecule has 0 saturated heterocycles. The molecule has 0 saturated carbocycles. The van der Waals surface area contributed by atoms with Crippen molar-refractivity contribution in [1.29, 1.82) is 0 Å². The number of carbonyl (C=O) groups is 2. The van der Waals surface area contributed by atoms with E-state index in [-0.39, 0.29) is 39.8 Å². The molecular weight excluding hydrogens is 487 g/mol. The molecule has 0 amide bonds. The molecule has 0 bridgehead atoms. The Morgan fingerprint density at radius 1 is 0.629 bits per heavy atom. The Hall–Kier alpha value is -4.07. The van der Waals surface area contributed by atoms with Gasteiger partial charge in [-0.1, -0.05) is 48.6 Å². The fourth-order valence-corrected chi connectivity index (χ4v) is 3.76. The van der Waals surface area contributed by atoms with Gasteiger partial charge in [0.1, 0.15) is 11.5 Å². The third kappa shape index (κ3) is 6.50. The first-order valence-electron chi connectivity index (χ1n) is 10.8. The van der Waals surface area contributed by atoms with E-state index in [4.69, 9.17) is 0 Å². The molecule has 0 heterocycles. The van der Waals surface area contributed by atoms with Gasteiger partial charge in [0.15, 0.2) is 11.6 Å². The molecule has 1 radical (unpaired) electrons. The summed E-state index contributed by atoms with van der Waals surface area (Å²) in [5.74, 6) is -0.0640. The van der Waals surface area contributed by atoms with Crippen LogP contribution in [0.1, 0.15) is 23.2 Å². The number of benzene rings is 2. The van der Waals surface area contributed by atoms with Crippen molar-refractivity contribution < 1.29 is 36.6 Å². The van der Waals surface area contributed by atoms with Crippen LogP contribution in [-0.2, 0) is 26.4 Å². The average Bonchev–Trinajstić information content (AvgIpc) is 2.83. The SMILES string of the molecule is O=C1C=CC=C/C1=C/N[C@H](c1cccc(O)c1)[C@@H](N/C=C1/C=CC=CC1=O)c1cccc(O)c1.[Co]. The van der Waals surface area contributed by atoms with Gasteiger partial charge in [0, 0.05) is 40.3 Å². The predicted octanol–water partition coefficient (Wildman–Crippen LogP) is 4.21. The maximum Gasteiger partial charge on any atom is 0.187 e. The van der Waals surface area contributed by atoms with Crippen molar-refractivity contribution in [2.24, 2.45) is 0 Å². The van der Waals surface area contributed by atoms with Gasteiger partial charge in [-0.15, -0.1) is 0 Å². The maximum atomic E-state index is 12.3. The predicted molar refractivity (Wildman–Crippen MR) is 131 cm³/mol. The Morgan fingerprint density at radius 3 is 1.40 bits per heavy atom. The van der Waals surface area contributed by atoms with Gasteiger partial charge in [0.25, 0.3) is 0 Å². The van der Waals surface area contributed by atoms with Crippen molar-refractivity contribution in [1.82, 2.24) is 10.6 Å². The molecule has 2 atom stereocenters. The minimum atomic E-state index is -0.483. The number of ketones is 2. The van der Waals surface area contributed by atoms with E-state index in [0.717, 1.165) is 11.1 Å². The normalized spacial score (nSPS) is 18.4. The Morgan fingerprint density at radius 2 is 1.03 bits per heavy atom. The number of phenolic OH excluding ortho intramolecular Hbond substituents is 2. The number of carbonyl (C=O) groups excluding carboxylic acids is 2. The van der Waals surface area contributed by atoms with Crippen LogP contribution in [0.3, 0.4) is 0 Å². The molecule has 0 spiro atoms. The quantitative estimate of drug-likeness (QED) is 0.416. The summed E-state index contributed by atoms with van der Waals surface area (Å²) in [6, 6.07) is 12.6. The molecule has 35 heavy (non-hydrogen) atoms. The topological polar surface area (TPSA) is 98.7 Å². The first-order chi connectivity index (χ1) is 16.5. The van der Waals surface area contributed by atoms with Gasteiger partial charge in [-0.05, 0) is 59.7 Å². The summed E-state index contributed by atoms with van der Waals surface area (Å²) in [6.45, 7) is 0. The van der Waals surface area contributed by atoms with Crippen LogP contribution in [-0.4, -0.2) is 21.8 Å². The van der Waals surface area contributed by atoms with E-state index in [9.17, 15) is 19.8 Å². The molecule has 2 aliphatic carbocycles. The maximum absolute atomic E-state index is 12.3.